The van der Waals surface area contributed by atoms with Gasteiger partial charge in [0, 0.05) is 11.6 Å². The molecule has 0 amide bonds. The molecule has 1 atom stereocenters. The highest BCUT2D eigenvalue weighted by Crippen LogP contribution is 2.44. The van der Waals surface area contributed by atoms with Crippen molar-refractivity contribution in [3.8, 4) is 0 Å². The predicted molar refractivity (Wildman–Crippen MR) is 93.9 cm³/mol. The minimum absolute atomic E-state index is 0.239. The summed E-state index contributed by atoms with van der Waals surface area (Å²) in [5.41, 5.74) is 1.59. The Morgan fingerprint density at radius 3 is 2.57 bits per heavy atom. The number of rotatable bonds is 4. The number of nitrogens with one attached hydrogen (secondary N) is 1. The van der Waals surface area contributed by atoms with E-state index < -0.39 is 6.10 Å². The van der Waals surface area contributed by atoms with Gasteiger partial charge in [-0.15, -0.1) is 0 Å². The monoisotopic (exact) mass is 350 g/mol. The van der Waals surface area contributed by atoms with E-state index in [1.165, 1.54) is 0 Å². The van der Waals surface area contributed by atoms with Crippen LogP contribution < -0.4 is 5.32 Å². The molecule has 1 aliphatic heterocycles. The molecule has 23 heavy (non-hydrogen) atoms. The van der Waals surface area contributed by atoms with Crippen molar-refractivity contribution >= 4 is 23.2 Å². The molecular weight excluding hydrogens is 331 g/mol. The third-order valence-corrected chi connectivity index (χ3v) is 5.43. The lowest BCUT2D eigenvalue weighted by Crippen LogP contribution is -2.42. The van der Waals surface area contributed by atoms with Crippen molar-refractivity contribution in [1.29, 1.82) is 0 Å². The molecule has 3 rings (SSSR count). The standard InChI is InChI=1S/C18H20Cl2N2O/c19-14-5-4-13(11-15(14)20)12-18(6-9-21-10-7-18)17(23)16-3-1-2-8-22-16/h1-5,8,11,17,21,23H,6-7,9-10,12H2. The Kier molecular flexibility index (Phi) is 5.22. The molecule has 0 aliphatic carbocycles. The number of hydrogen-bond donors (Lipinski definition) is 2. The number of piperidine rings is 1. The Balaban J connectivity index is 1.91. The maximum absolute atomic E-state index is 11.0. The van der Waals surface area contributed by atoms with Crippen LogP contribution in [0.15, 0.2) is 42.6 Å². The Bertz CT molecular complexity index is 657. The first kappa shape index (κ1) is 16.7. The molecule has 0 spiro atoms. The van der Waals surface area contributed by atoms with Crippen LogP contribution in [0.25, 0.3) is 0 Å². The van der Waals surface area contributed by atoms with Crippen LogP contribution in [0.4, 0.5) is 0 Å². The highest BCUT2D eigenvalue weighted by atomic mass is 35.5. The van der Waals surface area contributed by atoms with Gasteiger partial charge in [0.1, 0.15) is 6.10 Å². The molecule has 1 saturated heterocycles. The first-order chi connectivity index (χ1) is 11.1. The predicted octanol–water partition coefficient (Wildman–Crippen LogP) is 4.03. The first-order valence-corrected chi connectivity index (χ1v) is 8.60. The van der Waals surface area contributed by atoms with Gasteiger partial charge in [0.2, 0.25) is 0 Å². The van der Waals surface area contributed by atoms with E-state index in [-0.39, 0.29) is 5.41 Å². The molecule has 5 heteroatoms. The van der Waals surface area contributed by atoms with Crippen molar-refractivity contribution < 1.29 is 5.11 Å². The van der Waals surface area contributed by atoms with E-state index in [4.69, 9.17) is 23.2 Å². The molecule has 0 radical (unpaired) electrons. The lowest BCUT2D eigenvalue weighted by molar-refractivity contribution is -0.00389. The molecule has 1 fully saturated rings. The lowest BCUT2D eigenvalue weighted by atomic mass is 9.69. The Morgan fingerprint density at radius 1 is 1.13 bits per heavy atom. The average molecular weight is 351 g/mol. The normalized spacial score (nSPS) is 18.6. The highest BCUT2D eigenvalue weighted by molar-refractivity contribution is 6.42. The largest absolute Gasteiger partial charge is 0.386 e. The second-order valence-corrected chi connectivity index (χ2v) is 7.01. The quantitative estimate of drug-likeness (QED) is 0.874. The molecule has 1 unspecified atom stereocenters. The molecule has 1 aromatic carbocycles. The summed E-state index contributed by atoms with van der Waals surface area (Å²) in [4.78, 5) is 4.35. The van der Waals surface area contributed by atoms with Crippen LogP contribution in [0.2, 0.25) is 10.0 Å². The van der Waals surface area contributed by atoms with Crippen LogP contribution in [-0.2, 0) is 6.42 Å². The van der Waals surface area contributed by atoms with Gasteiger partial charge in [-0.05, 0) is 62.2 Å². The summed E-state index contributed by atoms with van der Waals surface area (Å²) in [6.07, 6.45) is 3.67. The average Bonchev–Trinajstić information content (AvgIpc) is 2.59. The molecular formula is C18H20Cl2N2O. The summed E-state index contributed by atoms with van der Waals surface area (Å²) in [5.74, 6) is 0. The van der Waals surface area contributed by atoms with Crippen LogP contribution in [0.5, 0.6) is 0 Å². The van der Waals surface area contributed by atoms with E-state index in [2.05, 4.69) is 10.3 Å². The lowest BCUT2D eigenvalue weighted by Gasteiger charge is -2.41. The maximum atomic E-state index is 11.0. The second-order valence-electron chi connectivity index (χ2n) is 6.19. The van der Waals surface area contributed by atoms with Gasteiger partial charge in [-0.1, -0.05) is 35.3 Å². The van der Waals surface area contributed by atoms with Crippen LogP contribution in [0.3, 0.4) is 0 Å². The smallest absolute Gasteiger partial charge is 0.102 e. The number of aliphatic hydroxyl groups is 1. The van der Waals surface area contributed by atoms with E-state index in [1.54, 1.807) is 6.20 Å². The van der Waals surface area contributed by atoms with Gasteiger partial charge in [-0.25, -0.2) is 0 Å². The van der Waals surface area contributed by atoms with Crippen molar-refractivity contribution in [1.82, 2.24) is 10.3 Å². The van der Waals surface area contributed by atoms with Crippen LogP contribution >= 0.6 is 23.2 Å². The summed E-state index contributed by atoms with van der Waals surface area (Å²) in [6.45, 7) is 1.79. The number of benzene rings is 1. The van der Waals surface area contributed by atoms with Gasteiger partial charge in [-0.2, -0.15) is 0 Å². The molecule has 1 aromatic heterocycles. The van der Waals surface area contributed by atoms with Crippen molar-refractivity contribution in [3.05, 3.63) is 63.9 Å². The minimum atomic E-state index is -0.597. The number of halogens is 2. The highest BCUT2D eigenvalue weighted by Gasteiger charge is 2.40. The number of aromatic nitrogens is 1. The zero-order chi connectivity index (χ0) is 16.3. The summed E-state index contributed by atoms with van der Waals surface area (Å²) < 4.78 is 0. The van der Waals surface area contributed by atoms with Crippen LogP contribution in [-0.4, -0.2) is 23.2 Å². The topological polar surface area (TPSA) is 45.2 Å². The molecule has 1 aliphatic rings. The van der Waals surface area contributed by atoms with Crippen molar-refractivity contribution in [3.63, 3.8) is 0 Å². The number of hydrogen-bond acceptors (Lipinski definition) is 3. The molecule has 122 valence electrons. The van der Waals surface area contributed by atoms with Crippen LogP contribution in [0, 0.1) is 5.41 Å². The molecule has 0 saturated carbocycles. The fourth-order valence-electron chi connectivity index (χ4n) is 3.38. The van der Waals surface area contributed by atoms with Gasteiger partial charge in [0.25, 0.3) is 0 Å². The molecule has 3 nitrogen and oxygen atoms in total. The van der Waals surface area contributed by atoms with E-state index in [9.17, 15) is 5.11 Å². The van der Waals surface area contributed by atoms with Crippen LogP contribution in [0.1, 0.15) is 30.2 Å². The van der Waals surface area contributed by atoms with Crippen molar-refractivity contribution in [2.75, 3.05) is 13.1 Å². The van der Waals surface area contributed by atoms with Crippen molar-refractivity contribution in [2.45, 2.75) is 25.4 Å². The zero-order valence-electron chi connectivity index (χ0n) is 12.8. The summed E-state index contributed by atoms with van der Waals surface area (Å²) in [7, 11) is 0. The fourth-order valence-corrected chi connectivity index (χ4v) is 3.70. The van der Waals surface area contributed by atoms with E-state index >= 15 is 0 Å². The van der Waals surface area contributed by atoms with E-state index in [1.807, 2.05) is 36.4 Å². The number of aliphatic hydroxyl groups excluding tert-OH is 1. The van der Waals surface area contributed by atoms with Gasteiger partial charge in [-0.3, -0.25) is 4.98 Å². The molecule has 2 aromatic rings. The fraction of sp³-hybridized carbons (Fsp3) is 0.389. The van der Waals surface area contributed by atoms with Crippen molar-refractivity contribution in [2.24, 2.45) is 5.41 Å². The second kappa shape index (κ2) is 7.18. The summed E-state index contributed by atoms with van der Waals surface area (Å²) >= 11 is 12.2. The zero-order valence-corrected chi connectivity index (χ0v) is 14.3. The Morgan fingerprint density at radius 2 is 1.91 bits per heavy atom. The van der Waals surface area contributed by atoms with Gasteiger partial charge >= 0.3 is 0 Å². The summed E-state index contributed by atoms with van der Waals surface area (Å²) in [5, 5.41) is 15.5. The first-order valence-electron chi connectivity index (χ1n) is 7.84. The SMILES string of the molecule is OC(c1ccccn1)C1(Cc2ccc(Cl)c(Cl)c2)CCNCC1. The third kappa shape index (κ3) is 3.69. The summed E-state index contributed by atoms with van der Waals surface area (Å²) in [6, 6.07) is 11.4. The molecule has 2 heterocycles. The minimum Gasteiger partial charge on any atom is -0.386 e. The van der Waals surface area contributed by atoms with Gasteiger partial charge < -0.3 is 10.4 Å². The molecule has 2 N–H and O–H groups in total. The number of pyridine rings is 1. The Hall–Kier alpha value is -1.13. The maximum Gasteiger partial charge on any atom is 0.102 e. The van der Waals surface area contributed by atoms with E-state index in [0.29, 0.717) is 10.0 Å². The van der Waals surface area contributed by atoms with Gasteiger partial charge in [0.15, 0.2) is 0 Å². The number of nitrogens with zero attached hydrogens (tertiary/aromatic N) is 1. The van der Waals surface area contributed by atoms with E-state index in [0.717, 1.165) is 43.6 Å². The molecule has 0 bridgehead atoms. The Labute approximate surface area is 146 Å². The third-order valence-electron chi connectivity index (χ3n) is 4.69. The van der Waals surface area contributed by atoms with Gasteiger partial charge in [0.05, 0.1) is 15.7 Å².